The molecule has 3 aromatic heterocycles. The van der Waals surface area contributed by atoms with E-state index < -0.39 is 0 Å². The van der Waals surface area contributed by atoms with Crippen molar-refractivity contribution in [2.24, 2.45) is 0 Å². The second kappa shape index (κ2) is 9.24. The Morgan fingerprint density at radius 3 is 2.88 bits per heavy atom. The maximum Gasteiger partial charge on any atom is 0.256 e. The summed E-state index contributed by atoms with van der Waals surface area (Å²) < 4.78 is 2.02. The molecular formula is C25H24ClN7O. The monoisotopic (exact) mass is 473 g/mol. The average molecular weight is 474 g/mol. The summed E-state index contributed by atoms with van der Waals surface area (Å²) in [5.74, 6) is 0.541. The molecule has 172 valence electrons. The molecule has 1 unspecified atom stereocenters. The van der Waals surface area contributed by atoms with Crippen LogP contribution in [0.3, 0.4) is 0 Å². The van der Waals surface area contributed by atoms with Gasteiger partial charge >= 0.3 is 0 Å². The molecule has 1 aliphatic rings. The molecule has 1 atom stereocenters. The molecule has 0 saturated carbocycles. The Morgan fingerprint density at radius 1 is 1.29 bits per heavy atom. The molecule has 0 aliphatic carbocycles. The minimum absolute atomic E-state index is 0.174. The lowest BCUT2D eigenvalue weighted by molar-refractivity contribution is 0.102. The summed E-state index contributed by atoms with van der Waals surface area (Å²) in [5.41, 5.74) is 9.82. The lowest BCUT2D eigenvalue weighted by Gasteiger charge is -2.24. The van der Waals surface area contributed by atoms with Gasteiger partial charge in [-0.25, -0.2) is 9.97 Å². The van der Waals surface area contributed by atoms with Gasteiger partial charge in [0, 0.05) is 35.6 Å². The number of amides is 1. The molecule has 1 fully saturated rings. The number of hydrogen-bond donors (Lipinski definition) is 3. The van der Waals surface area contributed by atoms with Crippen LogP contribution in [-0.2, 0) is 0 Å². The first-order valence-electron chi connectivity index (χ1n) is 11.1. The van der Waals surface area contributed by atoms with E-state index in [9.17, 15) is 4.79 Å². The van der Waals surface area contributed by atoms with Gasteiger partial charge in [0.1, 0.15) is 17.3 Å². The fourth-order valence-corrected chi connectivity index (χ4v) is 4.61. The number of hydrogen-bond acceptors (Lipinski definition) is 6. The minimum atomic E-state index is -0.300. The number of anilines is 2. The third-order valence-electron chi connectivity index (χ3n) is 6.01. The SMILES string of the molecule is C=Cc1cnc(N)c2c(-c3ccc(C(=O)Nc4ccccn4)cc3Cl)nn(C3CCCNC3)c12. The lowest BCUT2D eigenvalue weighted by atomic mass is 10.0. The highest BCUT2D eigenvalue weighted by atomic mass is 35.5. The molecule has 1 aliphatic heterocycles. The Morgan fingerprint density at radius 2 is 2.18 bits per heavy atom. The highest BCUT2D eigenvalue weighted by molar-refractivity contribution is 6.34. The molecular weight excluding hydrogens is 450 g/mol. The number of nitrogens with zero attached hydrogens (tertiary/aromatic N) is 4. The summed E-state index contributed by atoms with van der Waals surface area (Å²) in [6.45, 7) is 5.76. The van der Waals surface area contributed by atoms with Crippen molar-refractivity contribution in [3.63, 3.8) is 0 Å². The molecule has 1 saturated heterocycles. The highest BCUT2D eigenvalue weighted by Crippen LogP contribution is 2.39. The van der Waals surface area contributed by atoms with Gasteiger partial charge in [0.2, 0.25) is 0 Å². The quantitative estimate of drug-likeness (QED) is 0.392. The van der Waals surface area contributed by atoms with E-state index in [1.165, 1.54) is 0 Å². The van der Waals surface area contributed by atoms with Crippen molar-refractivity contribution in [2.45, 2.75) is 18.9 Å². The zero-order valence-electron chi connectivity index (χ0n) is 18.5. The Bertz CT molecular complexity index is 1380. The molecule has 4 heterocycles. The van der Waals surface area contributed by atoms with Crippen LogP contribution in [-0.4, -0.2) is 38.7 Å². The van der Waals surface area contributed by atoms with Gasteiger partial charge in [-0.1, -0.05) is 36.4 Å². The smallest absolute Gasteiger partial charge is 0.256 e. The van der Waals surface area contributed by atoms with Gasteiger partial charge in [0.25, 0.3) is 5.91 Å². The van der Waals surface area contributed by atoms with Gasteiger partial charge in [0.05, 0.1) is 22.0 Å². The van der Waals surface area contributed by atoms with Crippen molar-refractivity contribution in [3.05, 3.63) is 71.5 Å². The second-order valence-corrected chi connectivity index (χ2v) is 8.59. The summed E-state index contributed by atoms with van der Waals surface area (Å²) in [7, 11) is 0. The van der Waals surface area contributed by atoms with E-state index in [2.05, 4.69) is 27.2 Å². The molecule has 5 rings (SSSR count). The summed E-state index contributed by atoms with van der Waals surface area (Å²) in [6.07, 6.45) is 7.16. The third kappa shape index (κ3) is 4.02. The number of pyridine rings is 2. The zero-order valence-corrected chi connectivity index (χ0v) is 19.2. The Hall–Kier alpha value is -3.75. The number of nitrogen functional groups attached to an aromatic ring is 1. The Labute approximate surface area is 201 Å². The number of piperidine rings is 1. The van der Waals surface area contributed by atoms with Crippen LogP contribution in [0.5, 0.6) is 0 Å². The number of nitrogens with two attached hydrogens (primary N) is 1. The fourth-order valence-electron chi connectivity index (χ4n) is 4.34. The summed E-state index contributed by atoms with van der Waals surface area (Å²) >= 11 is 6.69. The van der Waals surface area contributed by atoms with E-state index in [4.69, 9.17) is 22.4 Å². The van der Waals surface area contributed by atoms with Crippen LogP contribution >= 0.6 is 11.6 Å². The van der Waals surface area contributed by atoms with Crippen LogP contribution in [0.25, 0.3) is 28.2 Å². The first-order valence-corrected chi connectivity index (χ1v) is 11.5. The largest absolute Gasteiger partial charge is 0.383 e. The van der Waals surface area contributed by atoms with E-state index >= 15 is 0 Å². The number of rotatable bonds is 5. The third-order valence-corrected chi connectivity index (χ3v) is 6.32. The molecule has 8 nitrogen and oxygen atoms in total. The van der Waals surface area contributed by atoms with Crippen molar-refractivity contribution >= 4 is 46.1 Å². The van der Waals surface area contributed by atoms with Crippen molar-refractivity contribution in [2.75, 3.05) is 24.1 Å². The van der Waals surface area contributed by atoms with E-state index in [0.29, 0.717) is 33.5 Å². The second-order valence-electron chi connectivity index (χ2n) is 8.18. The molecule has 1 amide bonds. The summed E-state index contributed by atoms with van der Waals surface area (Å²) in [4.78, 5) is 21.2. The Balaban J connectivity index is 1.59. The Kier molecular flexibility index (Phi) is 6.00. The fraction of sp³-hybridized carbons (Fsp3) is 0.200. The van der Waals surface area contributed by atoms with Gasteiger partial charge in [-0.3, -0.25) is 9.48 Å². The van der Waals surface area contributed by atoms with Gasteiger partial charge in [-0.05, 0) is 43.7 Å². The molecule has 4 N–H and O–H groups in total. The van der Waals surface area contributed by atoms with Crippen molar-refractivity contribution in [1.82, 2.24) is 25.1 Å². The predicted molar refractivity (Wildman–Crippen MR) is 136 cm³/mol. The molecule has 0 radical (unpaired) electrons. The summed E-state index contributed by atoms with van der Waals surface area (Å²) in [6, 6.07) is 10.6. The zero-order chi connectivity index (χ0) is 23.7. The number of benzene rings is 1. The molecule has 34 heavy (non-hydrogen) atoms. The lowest BCUT2D eigenvalue weighted by Crippen LogP contribution is -2.32. The molecule has 4 aromatic rings. The van der Waals surface area contributed by atoms with Crippen molar-refractivity contribution < 1.29 is 4.79 Å². The summed E-state index contributed by atoms with van der Waals surface area (Å²) in [5, 5.41) is 12.3. The van der Waals surface area contributed by atoms with E-state index in [1.807, 2.05) is 4.68 Å². The van der Waals surface area contributed by atoms with Crippen LogP contribution < -0.4 is 16.4 Å². The van der Waals surface area contributed by atoms with Gasteiger partial charge in [-0.15, -0.1) is 0 Å². The van der Waals surface area contributed by atoms with Crippen LogP contribution in [0, 0.1) is 0 Å². The predicted octanol–water partition coefficient (Wildman–Crippen LogP) is 4.55. The molecule has 0 spiro atoms. The minimum Gasteiger partial charge on any atom is -0.383 e. The first kappa shape index (κ1) is 22.1. The topological polar surface area (TPSA) is 111 Å². The maximum atomic E-state index is 12.7. The van der Waals surface area contributed by atoms with E-state index in [0.717, 1.165) is 42.4 Å². The van der Waals surface area contributed by atoms with Crippen LogP contribution in [0.15, 0.2) is 55.4 Å². The van der Waals surface area contributed by atoms with Crippen LogP contribution in [0.2, 0.25) is 5.02 Å². The van der Waals surface area contributed by atoms with E-state index in [-0.39, 0.29) is 11.9 Å². The number of carbonyl (C=O) groups excluding carboxylic acids is 1. The van der Waals surface area contributed by atoms with Crippen molar-refractivity contribution in [3.8, 4) is 11.3 Å². The normalized spacial score (nSPS) is 15.9. The average Bonchev–Trinajstić information content (AvgIpc) is 3.27. The number of fused-ring (bicyclic) bond motifs is 1. The van der Waals surface area contributed by atoms with Gasteiger partial charge in [-0.2, -0.15) is 5.10 Å². The maximum absolute atomic E-state index is 12.7. The van der Waals surface area contributed by atoms with Crippen LogP contribution in [0.4, 0.5) is 11.6 Å². The highest BCUT2D eigenvalue weighted by Gasteiger charge is 2.25. The molecule has 0 bridgehead atoms. The molecule has 9 heteroatoms. The number of aromatic nitrogens is 4. The van der Waals surface area contributed by atoms with Gasteiger partial charge in [0.15, 0.2) is 0 Å². The first-order chi connectivity index (χ1) is 16.6. The number of carbonyl (C=O) groups is 1. The van der Waals surface area contributed by atoms with Crippen LogP contribution in [0.1, 0.15) is 34.8 Å². The number of halogens is 1. The van der Waals surface area contributed by atoms with Crippen molar-refractivity contribution in [1.29, 1.82) is 0 Å². The molecule has 1 aromatic carbocycles. The number of nitrogens with one attached hydrogen (secondary N) is 2. The van der Waals surface area contributed by atoms with E-state index in [1.54, 1.807) is 54.9 Å². The van der Waals surface area contributed by atoms with Gasteiger partial charge < -0.3 is 16.4 Å². The standard InChI is InChI=1S/C25H24ClN7O/c1-2-15-13-30-24(27)21-22(32-33(23(15)21)17-6-5-10-28-14-17)18-9-8-16(12-19(18)26)25(34)31-20-7-3-4-11-29-20/h2-4,7-9,11-13,17,28H,1,5-6,10,14H2,(H2,27,30)(H,29,31,34).